The molecule has 0 aliphatic heterocycles. The summed E-state index contributed by atoms with van der Waals surface area (Å²) in [5, 5.41) is 9.57. The molecule has 4 nitrogen and oxygen atoms in total. The van der Waals surface area contributed by atoms with E-state index in [-0.39, 0.29) is 12.5 Å². The van der Waals surface area contributed by atoms with Crippen molar-refractivity contribution in [3.05, 3.63) is 28.8 Å². The Morgan fingerprint density at radius 3 is 2.79 bits per heavy atom. The molecule has 1 aromatic rings. The van der Waals surface area contributed by atoms with Crippen molar-refractivity contribution in [2.75, 3.05) is 24.6 Å². The summed E-state index contributed by atoms with van der Waals surface area (Å²) >= 11 is 6.01. The summed E-state index contributed by atoms with van der Waals surface area (Å²) in [6.45, 7) is 4.90. The second-order valence-electron chi connectivity index (χ2n) is 3.97. The van der Waals surface area contributed by atoms with Gasteiger partial charge in [0.2, 0.25) is 0 Å². The van der Waals surface area contributed by atoms with Crippen LogP contribution in [0, 0.1) is 11.3 Å². The molecule has 1 aromatic carbocycles. The molecule has 0 bridgehead atoms. The van der Waals surface area contributed by atoms with Gasteiger partial charge in [0.1, 0.15) is 12.6 Å². The molecule has 0 fully saturated rings. The second-order valence-corrected chi connectivity index (χ2v) is 4.38. The smallest absolute Gasteiger partial charge is 0.325 e. The van der Waals surface area contributed by atoms with E-state index in [0.717, 1.165) is 6.42 Å². The number of hydrogen-bond donors (Lipinski definition) is 0. The van der Waals surface area contributed by atoms with E-state index in [2.05, 4.69) is 6.07 Å². The van der Waals surface area contributed by atoms with Gasteiger partial charge in [-0.2, -0.15) is 5.26 Å². The van der Waals surface area contributed by atoms with Crippen molar-refractivity contribution in [3.63, 3.8) is 0 Å². The zero-order valence-corrected chi connectivity index (χ0v) is 11.9. The summed E-state index contributed by atoms with van der Waals surface area (Å²) in [4.78, 5) is 13.4. The molecule has 0 N–H and O–H groups in total. The average molecular weight is 281 g/mol. The Hall–Kier alpha value is -1.73. The van der Waals surface area contributed by atoms with Gasteiger partial charge in [0.25, 0.3) is 0 Å². The summed E-state index contributed by atoms with van der Waals surface area (Å²) in [5.74, 6) is -0.306. The van der Waals surface area contributed by atoms with Crippen LogP contribution in [0.25, 0.3) is 0 Å². The number of carbonyl (C=O) groups is 1. The quantitative estimate of drug-likeness (QED) is 0.752. The Labute approximate surface area is 118 Å². The minimum absolute atomic E-state index is 0.122. The fourth-order valence-electron chi connectivity index (χ4n) is 1.80. The molecular formula is C14H17ClN2O2. The maximum atomic E-state index is 11.6. The lowest BCUT2D eigenvalue weighted by atomic mass is 10.1. The number of esters is 1. The molecule has 0 radical (unpaired) electrons. The average Bonchev–Trinajstić information content (AvgIpc) is 2.38. The predicted octanol–water partition coefficient (Wildman–Crippen LogP) is 2.99. The lowest BCUT2D eigenvalue weighted by molar-refractivity contribution is -0.141. The fraction of sp³-hybridized carbons (Fsp3) is 0.429. The van der Waals surface area contributed by atoms with E-state index < -0.39 is 0 Å². The Bertz CT molecular complexity index is 483. The number of carbonyl (C=O) groups excluding carboxylic acids is 1. The molecule has 0 aromatic heterocycles. The normalized spacial score (nSPS) is 9.79. The van der Waals surface area contributed by atoms with Crippen molar-refractivity contribution in [2.24, 2.45) is 0 Å². The Morgan fingerprint density at radius 2 is 2.21 bits per heavy atom. The van der Waals surface area contributed by atoms with Crippen LogP contribution in [-0.2, 0) is 9.53 Å². The van der Waals surface area contributed by atoms with Gasteiger partial charge < -0.3 is 9.64 Å². The van der Waals surface area contributed by atoms with E-state index in [0.29, 0.717) is 29.4 Å². The molecule has 5 heteroatoms. The third-order valence-corrected chi connectivity index (χ3v) is 2.88. The number of ether oxygens (including phenoxy) is 1. The fourth-order valence-corrected chi connectivity index (χ4v) is 2.02. The maximum absolute atomic E-state index is 11.6. The Morgan fingerprint density at radius 1 is 1.47 bits per heavy atom. The molecule has 0 atom stereocenters. The molecule has 0 spiro atoms. The first-order chi connectivity index (χ1) is 9.13. The Balaban J connectivity index is 3.02. The second kappa shape index (κ2) is 7.65. The SMILES string of the molecule is CCCN(CC(=O)OCC)c1cccc(Cl)c1C#N. The number of nitriles is 1. The van der Waals surface area contributed by atoms with Crippen molar-refractivity contribution < 1.29 is 9.53 Å². The molecule has 102 valence electrons. The van der Waals surface area contributed by atoms with Crippen molar-refractivity contribution >= 4 is 23.3 Å². The Kier molecular flexibility index (Phi) is 6.17. The molecule has 0 saturated carbocycles. The molecule has 0 aliphatic rings. The van der Waals surface area contributed by atoms with Gasteiger partial charge in [0, 0.05) is 6.54 Å². The summed E-state index contributed by atoms with van der Waals surface area (Å²) in [6.07, 6.45) is 0.858. The highest BCUT2D eigenvalue weighted by molar-refractivity contribution is 6.32. The van der Waals surface area contributed by atoms with E-state index in [1.807, 2.05) is 11.8 Å². The highest BCUT2D eigenvalue weighted by Crippen LogP contribution is 2.26. The first-order valence-electron chi connectivity index (χ1n) is 6.23. The summed E-state index contributed by atoms with van der Waals surface area (Å²) < 4.78 is 4.95. The maximum Gasteiger partial charge on any atom is 0.325 e. The molecular weight excluding hydrogens is 264 g/mol. The number of halogens is 1. The van der Waals surface area contributed by atoms with E-state index in [9.17, 15) is 10.1 Å². The lowest BCUT2D eigenvalue weighted by Crippen LogP contribution is -2.32. The summed E-state index contributed by atoms with van der Waals surface area (Å²) in [6, 6.07) is 7.31. The zero-order chi connectivity index (χ0) is 14.3. The number of hydrogen-bond acceptors (Lipinski definition) is 4. The monoisotopic (exact) mass is 280 g/mol. The van der Waals surface area contributed by atoms with Gasteiger partial charge in [-0.1, -0.05) is 24.6 Å². The summed E-state index contributed by atoms with van der Waals surface area (Å²) in [7, 11) is 0. The number of nitrogens with zero attached hydrogens (tertiary/aromatic N) is 2. The van der Waals surface area contributed by atoms with Gasteiger partial charge in [-0.3, -0.25) is 4.79 Å². The van der Waals surface area contributed by atoms with Crippen molar-refractivity contribution in [3.8, 4) is 6.07 Å². The molecule has 0 aliphatic carbocycles. The van der Waals surface area contributed by atoms with Crippen LogP contribution >= 0.6 is 11.6 Å². The van der Waals surface area contributed by atoms with Crippen molar-refractivity contribution in [1.82, 2.24) is 0 Å². The highest BCUT2D eigenvalue weighted by atomic mass is 35.5. The van der Waals surface area contributed by atoms with Gasteiger partial charge >= 0.3 is 5.97 Å². The first kappa shape index (κ1) is 15.3. The van der Waals surface area contributed by atoms with Gasteiger partial charge in [-0.15, -0.1) is 0 Å². The first-order valence-corrected chi connectivity index (χ1v) is 6.61. The number of anilines is 1. The molecule has 19 heavy (non-hydrogen) atoms. The standard InChI is InChI=1S/C14H17ClN2O2/c1-3-8-17(10-14(18)19-4-2)13-7-5-6-12(15)11(13)9-16/h5-7H,3-4,8,10H2,1-2H3. The largest absolute Gasteiger partial charge is 0.465 e. The van der Waals surface area contributed by atoms with Crippen LogP contribution in [0.15, 0.2) is 18.2 Å². The van der Waals surface area contributed by atoms with E-state index in [1.165, 1.54) is 0 Å². The molecule has 0 amide bonds. The van der Waals surface area contributed by atoms with Crippen LogP contribution in [0.3, 0.4) is 0 Å². The number of rotatable bonds is 6. The van der Waals surface area contributed by atoms with Crippen LogP contribution in [0.4, 0.5) is 5.69 Å². The van der Waals surface area contributed by atoms with E-state index in [1.54, 1.807) is 25.1 Å². The van der Waals surface area contributed by atoms with Crippen LogP contribution in [-0.4, -0.2) is 25.7 Å². The predicted molar refractivity (Wildman–Crippen MR) is 75.3 cm³/mol. The van der Waals surface area contributed by atoms with Crippen LogP contribution in [0.5, 0.6) is 0 Å². The molecule has 0 heterocycles. The third kappa shape index (κ3) is 4.15. The lowest BCUT2D eigenvalue weighted by Gasteiger charge is -2.24. The van der Waals surface area contributed by atoms with Gasteiger partial charge in [0.05, 0.1) is 22.9 Å². The third-order valence-electron chi connectivity index (χ3n) is 2.56. The number of benzene rings is 1. The minimum Gasteiger partial charge on any atom is -0.465 e. The summed E-state index contributed by atoms with van der Waals surface area (Å²) in [5.41, 5.74) is 1.06. The van der Waals surface area contributed by atoms with Crippen molar-refractivity contribution in [2.45, 2.75) is 20.3 Å². The van der Waals surface area contributed by atoms with E-state index in [4.69, 9.17) is 16.3 Å². The van der Waals surface area contributed by atoms with Crippen LogP contribution in [0.1, 0.15) is 25.8 Å². The van der Waals surface area contributed by atoms with Gasteiger partial charge in [0.15, 0.2) is 0 Å². The molecule has 1 rings (SSSR count). The van der Waals surface area contributed by atoms with Crippen molar-refractivity contribution in [1.29, 1.82) is 5.26 Å². The molecule has 0 saturated heterocycles. The van der Waals surface area contributed by atoms with Gasteiger partial charge in [-0.05, 0) is 25.5 Å². The minimum atomic E-state index is -0.306. The molecule has 0 unspecified atom stereocenters. The van der Waals surface area contributed by atoms with Crippen LogP contribution < -0.4 is 4.90 Å². The zero-order valence-electron chi connectivity index (χ0n) is 11.1. The van der Waals surface area contributed by atoms with E-state index >= 15 is 0 Å². The topological polar surface area (TPSA) is 53.3 Å². The highest BCUT2D eigenvalue weighted by Gasteiger charge is 2.16. The van der Waals surface area contributed by atoms with Crippen LogP contribution in [0.2, 0.25) is 5.02 Å². The van der Waals surface area contributed by atoms with Gasteiger partial charge in [-0.25, -0.2) is 0 Å².